The number of aryl methyl sites for hydroxylation is 1. The van der Waals surface area contributed by atoms with Crippen LogP contribution in [-0.2, 0) is 13.0 Å². The van der Waals surface area contributed by atoms with E-state index in [1.54, 1.807) is 11.8 Å². The van der Waals surface area contributed by atoms with Gasteiger partial charge in [0.05, 0.1) is 18.4 Å². The number of hydrogen-bond donors (Lipinski definition) is 0. The van der Waals surface area contributed by atoms with E-state index in [1.807, 2.05) is 65.7 Å². The third-order valence-electron chi connectivity index (χ3n) is 7.54. The van der Waals surface area contributed by atoms with Gasteiger partial charge in [0, 0.05) is 43.7 Å². The average molecular weight is 497 g/mol. The summed E-state index contributed by atoms with van der Waals surface area (Å²) in [6.07, 6.45) is 8.40. The van der Waals surface area contributed by atoms with E-state index in [0.29, 0.717) is 17.8 Å². The predicted octanol–water partition coefficient (Wildman–Crippen LogP) is 4.89. The van der Waals surface area contributed by atoms with Crippen molar-refractivity contribution in [2.75, 3.05) is 20.2 Å². The van der Waals surface area contributed by atoms with Crippen molar-refractivity contribution in [2.24, 2.45) is 0 Å². The Kier molecular flexibility index (Phi) is 6.47. The summed E-state index contributed by atoms with van der Waals surface area (Å²) in [5.41, 5.74) is 3.08. The number of nitrogens with zero attached hydrogens (tertiary/aromatic N) is 6. The predicted molar refractivity (Wildman–Crippen MR) is 141 cm³/mol. The Labute approximate surface area is 216 Å². The van der Waals surface area contributed by atoms with Crippen molar-refractivity contribution in [3.63, 3.8) is 0 Å². The van der Waals surface area contributed by atoms with Crippen molar-refractivity contribution in [1.29, 1.82) is 0 Å². The number of aromatic nitrogens is 5. The number of ether oxygens (including phenoxy) is 1. The number of hydrogen-bond acceptors (Lipinski definition) is 5. The highest BCUT2D eigenvalue weighted by atomic mass is 16.5. The van der Waals surface area contributed by atoms with Crippen molar-refractivity contribution in [3.05, 3.63) is 78.0 Å². The van der Waals surface area contributed by atoms with E-state index in [1.165, 1.54) is 12.8 Å². The zero-order chi connectivity index (χ0) is 25.2. The maximum absolute atomic E-state index is 14.0. The molecule has 1 atom stereocenters. The highest BCUT2D eigenvalue weighted by molar-refractivity contribution is 6.00. The lowest BCUT2D eigenvalue weighted by Gasteiger charge is -2.32. The maximum atomic E-state index is 14.0. The van der Waals surface area contributed by atoms with Gasteiger partial charge in [-0.05, 0) is 62.1 Å². The van der Waals surface area contributed by atoms with Crippen molar-refractivity contribution >= 4 is 5.91 Å². The number of methoxy groups -OCH3 is 1. The molecule has 1 fully saturated rings. The van der Waals surface area contributed by atoms with Gasteiger partial charge in [0.2, 0.25) is 0 Å². The molecule has 0 N–H and O–H groups in total. The van der Waals surface area contributed by atoms with Crippen LogP contribution in [-0.4, -0.2) is 55.6 Å². The second kappa shape index (κ2) is 10.2. The first-order chi connectivity index (χ1) is 18.2. The minimum atomic E-state index is 0.00769. The molecule has 0 saturated carbocycles. The Bertz CT molecular complexity index is 1380. The largest absolute Gasteiger partial charge is 0.497 e. The fourth-order valence-electron chi connectivity index (χ4n) is 5.56. The Morgan fingerprint density at radius 2 is 1.78 bits per heavy atom. The minimum absolute atomic E-state index is 0.00769. The van der Waals surface area contributed by atoms with Gasteiger partial charge in [-0.25, -0.2) is 4.68 Å². The third kappa shape index (κ3) is 4.63. The van der Waals surface area contributed by atoms with Crippen LogP contribution < -0.4 is 4.74 Å². The summed E-state index contributed by atoms with van der Waals surface area (Å²) >= 11 is 0. The minimum Gasteiger partial charge on any atom is -0.497 e. The zero-order valence-electron chi connectivity index (χ0n) is 21.2. The molecule has 4 aromatic rings. The monoisotopic (exact) mass is 496 g/mol. The molecule has 1 unspecified atom stereocenters. The molecule has 8 heteroatoms. The van der Waals surface area contributed by atoms with Crippen LogP contribution in [0.1, 0.15) is 60.0 Å². The van der Waals surface area contributed by atoms with Crippen LogP contribution in [0.2, 0.25) is 0 Å². The summed E-state index contributed by atoms with van der Waals surface area (Å²) in [5.74, 6) is 3.12. The highest BCUT2D eigenvalue weighted by Gasteiger charge is 2.32. The van der Waals surface area contributed by atoms with Crippen LogP contribution in [0.3, 0.4) is 0 Å². The number of amides is 1. The van der Waals surface area contributed by atoms with Gasteiger partial charge in [0.25, 0.3) is 5.91 Å². The van der Waals surface area contributed by atoms with Crippen molar-refractivity contribution in [2.45, 2.75) is 51.0 Å². The molecular formula is C29H32N6O2. The van der Waals surface area contributed by atoms with Gasteiger partial charge in [-0.15, -0.1) is 10.2 Å². The smallest absolute Gasteiger partial charge is 0.257 e. The zero-order valence-corrected chi connectivity index (χ0v) is 21.2. The topological polar surface area (TPSA) is 78.1 Å². The van der Waals surface area contributed by atoms with Crippen LogP contribution in [0.15, 0.2) is 60.8 Å². The molecule has 2 aromatic heterocycles. The molecule has 37 heavy (non-hydrogen) atoms. The van der Waals surface area contributed by atoms with Crippen LogP contribution in [0.25, 0.3) is 16.9 Å². The first kappa shape index (κ1) is 23.5. The molecule has 4 heterocycles. The number of likely N-dealkylation sites (tertiary alicyclic amines) is 1. The molecule has 2 aliphatic heterocycles. The van der Waals surface area contributed by atoms with Gasteiger partial charge < -0.3 is 14.2 Å². The number of carbonyl (C=O) groups excluding carboxylic acids is 1. The second-order valence-corrected chi connectivity index (χ2v) is 9.93. The van der Waals surface area contributed by atoms with Gasteiger partial charge in [-0.2, -0.15) is 5.10 Å². The summed E-state index contributed by atoms with van der Waals surface area (Å²) in [6, 6.07) is 17.6. The lowest BCUT2D eigenvalue weighted by Crippen LogP contribution is -2.40. The molecule has 0 radical (unpaired) electrons. The number of benzene rings is 2. The number of piperidine rings is 1. The highest BCUT2D eigenvalue weighted by Crippen LogP contribution is 2.31. The van der Waals surface area contributed by atoms with E-state index in [4.69, 9.17) is 9.84 Å². The quantitative estimate of drug-likeness (QED) is 0.393. The fourth-order valence-corrected chi connectivity index (χ4v) is 5.56. The summed E-state index contributed by atoms with van der Waals surface area (Å²) in [7, 11) is 1.65. The van der Waals surface area contributed by atoms with Crippen molar-refractivity contribution < 1.29 is 9.53 Å². The van der Waals surface area contributed by atoms with Crippen LogP contribution in [0, 0.1) is 0 Å². The first-order valence-electron chi connectivity index (χ1n) is 13.2. The molecule has 0 aliphatic carbocycles. The molecule has 8 nitrogen and oxygen atoms in total. The van der Waals surface area contributed by atoms with E-state index in [-0.39, 0.29) is 11.8 Å². The van der Waals surface area contributed by atoms with Crippen LogP contribution in [0.5, 0.6) is 5.75 Å². The average Bonchev–Trinajstić information content (AvgIpc) is 3.51. The maximum Gasteiger partial charge on any atom is 0.257 e. The number of para-hydroxylation sites is 1. The number of rotatable bonds is 5. The van der Waals surface area contributed by atoms with Crippen molar-refractivity contribution in [1.82, 2.24) is 29.4 Å². The number of carbonyl (C=O) groups is 1. The van der Waals surface area contributed by atoms with Crippen molar-refractivity contribution in [3.8, 4) is 22.7 Å². The van der Waals surface area contributed by atoms with E-state index in [2.05, 4.69) is 14.8 Å². The number of fused-ring (bicyclic) bond motifs is 1. The molecule has 1 saturated heterocycles. The molecule has 2 aliphatic rings. The Morgan fingerprint density at radius 1 is 0.946 bits per heavy atom. The Balaban J connectivity index is 1.32. The molecule has 0 spiro atoms. The summed E-state index contributed by atoms with van der Waals surface area (Å²) in [4.78, 5) is 16.0. The molecule has 190 valence electrons. The Morgan fingerprint density at radius 3 is 2.59 bits per heavy atom. The normalized spacial score (nSPS) is 17.8. The molecular weight excluding hydrogens is 464 g/mol. The van der Waals surface area contributed by atoms with E-state index < -0.39 is 0 Å². The SMILES string of the molecule is COc1ccc(-c2nn(-c3ccccc3)cc2C(=O)N2CCCC(c3nnc4n3CCCCC4)C2)cc1. The second-order valence-electron chi connectivity index (χ2n) is 9.93. The summed E-state index contributed by atoms with van der Waals surface area (Å²) in [5, 5.41) is 14.0. The standard InChI is InChI=1S/C29H32N6O2/c1-37-24-15-13-21(14-16-24)27-25(20-35(32-27)23-10-4-2-5-11-23)29(36)33-17-8-9-22(19-33)28-31-30-26-12-6-3-7-18-34(26)28/h2,4-5,10-11,13-16,20,22H,3,6-9,12,17-19H2,1H3. The molecule has 1 amide bonds. The fraction of sp³-hybridized carbons (Fsp3) is 0.379. The Hall–Kier alpha value is -3.94. The van der Waals surface area contributed by atoms with Crippen LogP contribution in [0.4, 0.5) is 0 Å². The van der Waals surface area contributed by atoms with E-state index in [0.717, 1.165) is 67.4 Å². The van der Waals surface area contributed by atoms with E-state index in [9.17, 15) is 4.79 Å². The van der Waals surface area contributed by atoms with Gasteiger partial charge in [0.1, 0.15) is 23.1 Å². The summed E-state index contributed by atoms with van der Waals surface area (Å²) in [6.45, 7) is 2.36. The van der Waals surface area contributed by atoms with Gasteiger partial charge in [-0.1, -0.05) is 24.6 Å². The lowest BCUT2D eigenvalue weighted by molar-refractivity contribution is 0.0704. The lowest BCUT2D eigenvalue weighted by atomic mass is 9.96. The molecule has 2 aromatic carbocycles. The van der Waals surface area contributed by atoms with Crippen LogP contribution >= 0.6 is 0 Å². The first-order valence-corrected chi connectivity index (χ1v) is 13.2. The van der Waals surface area contributed by atoms with E-state index >= 15 is 0 Å². The summed E-state index contributed by atoms with van der Waals surface area (Å²) < 4.78 is 9.45. The van der Waals surface area contributed by atoms with Gasteiger partial charge in [0.15, 0.2) is 0 Å². The molecule has 6 rings (SSSR count). The van der Waals surface area contributed by atoms with Gasteiger partial charge >= 0.3 is 0 Å². The third-order valence-corrected chi connectivity index (χ3v) is 7.54. The van der Waals surface area contributed by atoms with Gasteiger partial charge in [-0.3, -0.25) is 4.79 Å². The molecule has 0 bridgehead atoms.